The van der Waals surface area contributed by atoms with Gasteiger partial charge >= 0.3 is 5.97 Å². The predicted molar refractivity (Wildman–Crippen MR) is 97.0 cm³/mol. The van der Waals surface area contributed by atoms with E-state index in [0.29, 0.717) is 25.7 Å². The van der Waals surface area contributed by atoms with Crippen LogP contribution in [-0.2, 0) is 9.59 Å². The molecule has 0 amide bonds. The summed E-state index contributed by atoms with van der Waals surface area (Å²) in [5.41, 5.74) is 0. The number of allylic oxidation sites excluding steroid dienone is 3. The predicted octanol–water partition coefficient (Wildman–Crippen LogP) is 3.03. The van der Waals surface area contributed by atoms with Gasteiger partial charge in [0.25, 0.3) is 0 Å². The molecule has 0 aromatic heterocycles. The first kappa shape index (κ1) is 21.3. The van der Waals surface area contributed by atoms with Gasteiger partial charge in [0.1, 0.15) is 5.78 Å². The lowest BCUT2D eigenvalue weighted by atomic mass is 9.90. The summed E-state index contributed by atoms with van der Waals surface area (Å²) in [6.07, 6.45) is 13.3. The molecule has 1 aliphatic carbocycles. The minimum absolute atomic E-state index is 0.0395. The highest BCUT2D eigenvalue weighted by Crippen LogP contribution is 2.33. The van der Waals surface area contributed by atoms with Gasteiger partial charge in [-0.3, -0.25) is 9.59 Å². The van der Waals surface area contributed by atoms with E-state index in [2.05, 4.69) is 0 Å². The van der Waals surface area contributed by atoms with Crippen LogP contribution in [0.15, 0.2) is 36.5 Å². The van der Waals surface area contributed by atoms with Gasteiger partial charge in [-0.1, -0.05) is 43.4 Å². The van der Waals surface area contributed by atoms with Crippen LogP contribution < -0.4 is 0 Å². The number of ketones is 1. The van der Waals surface area contributed by atoms with Crippen molar-refractivity contribution < 1.29 is 24.9 Å². The molecule has 0 aromatic rings. The normalized spacial score (nSPS) is 25.6. The van der Waals surface area contributed by atoms with Gasteiger partial charge in [-0.15, -0.1) is 0 Å². The lowest BCUT2D eigenvalue weighted by Crippen LogP contribution is -2.18. The molecule has 0 aliphatic heterocycles. The molecule has 0 heterocycles. The van der Waals surface area contributed by atoms with Crippen molar-refractivity contribution in [1.82, 2.24) is 0 Å². The molecule has 0 unspecified atom stereocenters. The number of unbranched alkanes of at least 4 members (excludes halogenated alkanes) is 1. The Morgan fingerprint density at radius 1 is 1.28 bits per heavy atom. The van der Waals surface area contributed by atoms with E-state index in [1.54, 1.807) is 12.2 Å². The molecular weight excluding hydrogens is 320 g/mol. The highest BCUT2D eigenvalue weighted by Gasteiger charge is 2.39. The lowest BCUT2D eigenvalue weighted by molar-refractivity contribution is -0.137. The molecule has 25 heavy (non-hydrogen) atoms. The molecule has 5 heteroatoms. The molecule has 0 aromatic carbocycles. The van der Waals surface area contributed by atoms with Crippen LogP contribution in [0, 0.1) is 11.8 Å². The summed E-state index contributed by atoms with van der Waals surface area (Å²) in [6, 6.07) is 0. The monoisotopic (exact) mass is 350 g/mol. The SMILES string of the molecule is CCC=CC[C@H](O)/C=C/[C@H]1[C@H](O)CC(=O)[C@@H]1CC=CCCCC(=O)O. The van der Waals surface area contributed by atoms with Crippen molar-refractivity contribution in [3.8, 4) is 0 Å². The van der Waals surface area contributed by atoms with Gasteiger partial charge in [-0.05, 0) is 32.1 Å². The molecule has 1 fully saturated rings. The fourth-order valence-electron chi connectivity index (χ4n) is 3.00. The van der Waals surface area contributed by atoms with Crippen LogP contribution in [0.1, 0.15) is 51.9 Å². The van der Waals surface area contributed by atoms with Gasteiger partial charge in [0, 0.05) is 24.7 Å². The summed E-state index contributed by atoms with van der Waals surface area (Å²) in [5, 5.41) is 28.6. The Hall–Kier alpha value is -1.72. The number of hydrogen-bond donors (Lipinski definition) is 3. The molecule has 140 valence electrons. The topological polar surface area (TPSA) is 94.8 Å². The van der Waals surface area contributed by atoms with Crippen LogP contribution in [0.4, 0.5) is 0 Å². The van der Waals surface area contributed by atoms with E-state index in [1.807, 2.05) is 31.2 Å². The molecule has 1 saturated carbocycles. The average Bonchev–Trinajstić information content (AvgIpc) is 2.82. The number of carbonyl (C=O) groups is 2. The van der Waals surface area contributed by atoms with Gasteiger partial charge in [-0.25, -0.2) is 0 Å². The molecule has 0 radical (unpaired) electrons. The highest BCUT2D eigenvalue weighted by molar-refractivity contribution is 5.84. The zero-order valence-electron chi connectivity index (χ0n) is 14.9. The van der Waals surface area contributed by atoms with Crippen LogP contribution in [0.25, 0.3) is 0 Å². The van der Waals surface area contributed by atoms with Crippen LogP contribution in [0.2, 0.25) is 0 Å². The van der Waals surface area contributed by atoms with Gasteiger partial charge in [0.15, 0.2) is 0 Å². The molecule has 4 atom stereocenters. The third-order valence-corrected chi connectivity index (χ3v) is 4.39. The fourth-order valence-corrected chi connectivity index (χ4v) is 3.00. The Labute approximate surface area is 149 Å². The molecule has 0 spiro atoms. The van der Waals surface area contributed by atoms with Crippen LogP contribution in [0.3, 0.4) is 0 Å². The van der Waals surface area contributed by atoms with Crippen molar-refractivity contribution in [1.29, 1.82) is 0 Å². The number of aliphatic hydroxyl groups is 2. The first-order valence-electron chi connectivity index (χ1n) is 9.04. The zero-order chi connectivity index (χ0) is 18.7. The summed E-state index contributed by atoms with van der Waals surface area (Å²) in [4.78, 5) is 22.5. The quantitative estimate of drug-likeness (QED) is 0.393. The molecule has 5 nitrogen and oxygen atoms in total. The number of aliphatic carboxylic acids is 1. The first-order chi connectivity index (χ1) is 12.0. The molecular formula is C20H30O5. The molecule has 1 aliphatic rings. The summed E-state index contributed by atoms with van der Waals surface area (Å²) < 4.78 is 0. The third-order valence-electron chi connectivity index (χ3n) is 4.39. The maximum Gasteiger partial charge on any atom is 0.303 e. The average molecular weight is 350 g/mol. The van der Waals surface area contributed by atoms with Crippen molar-refractivity contribution >= 4 is 11.8 Å². The number of rotatable bonds is 11. The minimum atomic E-state index is -0.806. The van der Waals surface area contributed by atoms with E-state index in [-0.39, 0.29) is 30.5 Å². The van der Waals surface area contributed by atoms with E-state index in [9.17, 15) is 19.8 Å². The van der Waals surface area contributed by atoms with Crippen molar-refractivity contribution in [2.24, 2.45) is 11.8 Å². The Morgan fingerprint density at radius 3 is 2.72 bits per heavy atom. The smallest absolute Gasteiger partial charge is 0.303 e. The first-order valence-corrected chi connectivity index (χ1v) is 9.04. The van der Waals surface area contributed by atoms with E-state index in [0.717, 1.165) is 6.42 Å². The Kier molecular flexibility index (Phi) is 10.0. The zero-order valence-corrected chi connectivity index (χ0v) is 14.9. The standard InChI is InChI=1S/C20H30O5/c1-2-3-6-9-15(21)12-13-17-16(18(22)14-19(17)23)10-7-4-5-8-11-20(24)25/h3-4,6-7,12-13,15-17,19,21,23H,2,5,8-11,14H2,1H3,(H,24,25)/b6-3?,7-4?,13-12+/t15-,16+,17+,19+/m0/s1. The van der Waals surface area contributed by atoms with Crippen LogP contribution >= 0.6 is 0 Å². The van der Waals surface area contributed by atoms with E-state index < -0.39 is 18.2 Å². The number of carbonyl (C=O) groups excluding carboxylic acids is 1. The van der Waals surface area contributed by atoms with Crippen molar-refractivity contribution in [2.45, 2.75) is 64.1 Å². The van der Waals surface area contributed by atoms with Crippen molar-refractivity contribution in [2.75, 3.05) is 0 Å². The summed E-state index contributed by atoms with van der Waals surface area (Å²) in [6.45, 7) is 2.03. The Balaban J connectivity index is 2.52. The Morgan fingerprint density at radius 2 is 2.04 bits per heavy atom. The number of Topliss-reactive ketones (excluding diaryl/α,β-unsaturated/α-hetero) is 1. The second-order valence-corrected chi connectivity index (χ2v) is 6.48. The maximum atomic E-state index is 12.1. The second kappa shape index (κ2) is 11.8. The second-order valence-electron chi connectivity index (χ2n) is 6.48. The lowest BCUT2D eigenvalue weighted by Gasteiger charge is -2.16. The molecule has 0 bridgehead atoms. The van der Waals surface area contributed by atoms with Gasteiger partial charge in [-0.2, -0.15) is 0 Å². The van der Waals surface area contributed by atoms with Crippen molar-refractivity contribution in [3.63, 3.8) is 0 Å². The molecule has 0 saturated heterocycles. The van der Waals surface area contributed by atoms with E-state index in [1.165, 1.54) is 0 Å². The number of carboxylic acids is 1. The van der Waals surface area contributed by atoms with Gasteiger partial charge < -0.3 is 15.3 Å². The summed E-state index contributed by atoms with van der Waals surface area (Å²) >= 11 is 0. The summed E-state index contributed by atoms with van der Waals surface area (Å²) in [7, 11) is 0. The minimum Gasteiger partial charge on any atom is -0.481 e. The Bertz CT molecular complexity index is 506. The summed E-state index contributed by atoms with van der Waals surface area (Å²) in [5.74, 6) is -1.32. The van der Waals surface area contributed by atoms with E-state index in [4.69, 9.17) is 5.11 Å². The highest BCUT2D eigenvalue weighted by atomic mass is 16.4. The van der Waals surface area contributed by atoms with Gasteiger partial charge in [0.2, 0.25) is 0 Å². The van der Waals surface area contributed by atoms with Crippen LogP contribution in [0.5, 0.6) is 0 Å². The maximum absolute atomic E-state index is 12.1. The van der Waals surface area contributed by atoms with Crippen LogP contribution in [-0.4, -0.2) is 39.3 Å². The van der Waals surface area contributed by atoms with Gasteiger partial charge in [0.05, 0.1) is 12.2 Å². The number of carboxylic acid groups (broad SMARTS) is 1. The molecule has 1 rings (SSSR count). The van der Waals surface area contributed by atoms with Crippen molar-refractivity contribution in [3.05, 3.63) is 36.5 Å². The molecule has 3 N–H and O–H groups in total. The largest absolute Gasteiger partial charge is 0.481 e. The number of hydrogen-bond acceptors (Lipinski definition) is 4. The number of aliphatic hydroxyl groups excluding tert-OH is 2. The fraction of sp³-hybridized carbons (Fsp3) is 0.600. The third kappa shape index (κ3) is 8.27. The van der Waals surface area contributed by atoms with E-state index >= 15 is 0 Å².